The molecule has 0 aliphatic rings. The fourth-order valence-electron chi connectivity index (χ4n) is 2.78. The van der Waals surface area contributed by atoms with Crippen LogP contribution < -0.4 is 4.90 Å². The second-order valence-corrected chi connectivity index (χ2v) is 6.01. The van der Waals surface area contributed by atoms with Gasteiger partial charge < -0.3 is 9.32 Å². The lowest BCUT2D eigenvalue weighted by atomic mass is 10.1. The van der Waals surface area contributed by atoms with E-state index in [4.69, 9.17) is 4.42 Å². The topological polar surface area (TPSA) is 29.3 Å². The summed E-state index contributed by atoms with van der Waals surface area (Å²) in [5.41, 5.74) is 4.78. The summed E-state index contributed by atoms with van der Waals surface area (Å²) in [6, 6.07) is 20.5. The van der Waals surface area contributed by atoms with Gasteiger partial charge in [-0.2, -0.15) is 0 Å². The van der Waals surface area contributed by atoms with Crippen LogP contribution in [0.1, 0.15) is 11.3 Å². The van der Waals surface area contributed by atoms with Gasteiger partial charge in [-0.25, -0.2) is 4.98 Å². The summed E-state index contributed by atoms with van der Waals surface area (Å²) in [6.45, 7) is 0. The number of pyridine rings is 1. The zero-order chi connectivity index (χ0) is 16.5. The normalized spacial score (nSPS) is 11.6. The van der Waals surface area contributed by atoms with Crippen LogP contribution in [0.25, 0.3) is 34.2 Å². The van der Waals surface area contributed by atoms with Gasteiger partial charge in [-0.05, 0) is 42.0 Å². The van der Waals surface area contributed by atoms with E-state index in [9.17, 15) is 0 Å². The molecule has 3 nitrogen and oxygen atoms in total. The molecule has 0 amide bonds. The van der Waals surface area contributed by atoms with Crippen molar-refractivity contribution in [2.24, 2.45) is 0 Å². The Labute approximate surface area is 140 Å². The standard InChI is InChI=1S/C21H18N2O/c1-23(2)17-12-8-15(9-13-17)7-10-16-11-14-19-18-5-3-4-6-20(18)24-21(19)22-16/h3-14H,1-2H3. The smallest absolute Gasteiger partial charge is 0.227 e. The Kier molecular flexibility index (Phi) is 3.54. The Balaban J connectivity index is 1.65. The molecule has 0 aliphatic heterocycles. The molecule has 0 bridgehead atoms. The maximum absolute atomic E-state index is 5.84. The number of benzene rings is 2. The Morgan fingerprint density at radius 1 is 0.833 bits per heavy atom. The van der Waals surface area contributed by atoms with E-state index in [1.54, 1.807) is 0 Å². The summed E-state index contributed by atoms with van der Waals surface area (Å²) in [5.74, 6) is 0. The minimum Gasteiger partial charge on any atom is -0.438 e. The van der Waals surface area contributed by atoms with E-state index in [1.807, 2.05) is 44.4 Å². The predicted molar refractivity (Wildman–Crippen MR) is 101 cm³/mol. The van der Waals surface area contributed by atoms with Gasteiger partial charge in [-0.3, -0.25) is 0 Å². The molecule has 4 rings (SSSR count). The number of hydrogen-bond acceptors (Lipinski definition) is 3. The van der Waals surface area contributed by atoms with Gasteiger partial charge in [0, 0.05) is 30.6 Å². The first-order valence-electron chi connectivity index (χ1n) is 7.94. The first-order valence-corrected chi connectivity index (χ1v) is 7.94. The average Bonchev–Trinajstić information content (AvgIpc) is 2.98. The molecule has 3 heteroatoms. The third kappa shape index (κ3) is 2.65. The minimum atomic E-state index is 0.682. The monoisotopic (exact) mass is 314 g/mol. The Hall–Kier alpha value is -3.07. The molecule has 0 radical (unpaired) electrons. The van der Waals surface area contributed by atoms with E-state index in [2.05, 4.69) is 52.4 Å². The quantitative estimate of drug-likeness (QED) is 0.519. The van der Waals surface area contributed by atoms with Gasteiger partial charge in [0.2, 0.25) is 5.71 Å². The highest BCUT2D eigenvalue weighted by Crippen LogP contribution is 2.27. The molecule has 4 aromatic rings. The van der Waals surface area contributed by atoms with Crippen molar-refractivity contribution >= 4 is 39.9 Å². The highest BCUT2D eigenvalue weighted by Gasteiger charge is 2.07. The Morgan fingerprint density at radius 2 is 1.62 bits per heavy atom. The highest BCUT2D eigenvalue weighted by molar-refractivity contribution is 6.03. The lowest BCUT2D eigenvalue weighted by Gasteiger charge is -2.11. The summed E-state index contributed by atoms with van der Waals surface area (Å²) in [6.07, 6.45) is 4.08. The third-order valence-electron chi connectivity index (χ3n) is 4.12. The fraction of sp³-hybridized carbons (Fsp3) is 0.0952. The number of aromatic nitrogens is 1. The fourth-order valence-corrected chi connectivity index (χ4v) is 2.78. The van der Waals surface area contributed by atoms with E-state index in [0.717, 1.165) is 27.6 Å². The van der Waals surface area contributed by atoms with Crippen molar-refractivity contribution in [3.63, 3.8) is 0 Å². The van der Waals surface area contributed by atoms with Gasteiger partial charge >= 0.3 is 0 Å². The maximum Gasteiger partial charge on any atom is 0.227 e. The second-order valence-electron chi connectivity index (χ2n) is 6.01. The number of fused-ring (bicyclic) bond motifs is 3. The minimum absolute atomic E-state index is 0.682. The van der Waals surface area contributed by atoms with Crippen molar-refractivity contribution in [2.75, 3.05) is 19.0 Å². The number of hydrogen-bond donors (Lipinski definition) is 0. The van der Waals surface area contributed by atoms with Crippen molar-refractivity contribution in [3.8, 4) is 0 Å². The summed E-state index contributed by atoms with van der Waals surface area (Å²) in [5, 5.41) is 2.16. The van der Waals surface area contributed by atoms with E-state index >= 15 is 0 Å². The van der Waals surface area contributed by atoms with Crippen molar-refractivity contribution in [1.29, 1.82) is 0 Å². The molecule has 2 heterocycles. The molecule has 2 aromatic heterocycles. The van der Waals surface area contributed by atoms with Crippen LogP contribution in [0, 0.1) is 0 Å². The van der Waals surface area contributed by atoms with Gasteiger partial charge in [0.25, 0.3) is 0 Å². The van der Waals surface area contributed by atoms with Gasteiger partial charge in [-0.15, -0.1) is 0 Å². The van der Waals surface area contributed by atoms with E-state index in [-0.39, 0.29) is 0 Å². The van der Waals surface area contributed by atoms with Crippen LogP contribution in [0.4, 0.5) is 5.69 Å². The van der Waals surface area contributed by atoms with E-state index < -0.39 is 0 Å². The molecule has 118 valence electrons. The molecule has 2 aromatic carbocycles. The maximum atomic E-state index is 5.84. The first-order chi connectivity index (χ1) is 11.7. The molecular formula is C21H18N2O. The average molecular weight is 314 g/mol. The SMILES string of the molecule is CN(C)c1ccc(C=Cc2ccc3c(n2)oc2ccccc23)cc1. The van der Waals surface area contributed by atoms with Crippen LogP contribution in [0.5, 0.6) is 0 Å². The van der Waals surface area contributed by atoms with Crippen molar-refractivity contribution in [1.82, 2.24) is 4.98 Å². The van der Waals surface area contributed by atoms with Crippen LogP contribution in [0.3, 0.4) is 0 Å². The van der Waals surface area contributed by atoms with Crippen LogP contribution in [-0.2, 0) is 0 Å². The van der Waals surface area contributed by atoms with Gasteiger partial charge in [0.05, 0.1) is 5.69 Å². The van der Waals surface area contributed by atoms with Crippen LogP contribution in [0.2, 0.25) is 0 Å². The molecule has 0 unspecified atom stereocenters. The van der Waals surface area contributed by atoms with E-state index in [1.165, 1.54) is 5.69 Å². The zero-order valence-corrected chi connectivity index (χ0v) is 13.7. The van der Waals surface area contributed by atoms with Gasteiger partial charge in [0.1, 0.15) is 5.58 Å². The first kappa shape index (κ1) is 14.5. The number of rotatable bonds is 3. The lowest BCUT2D eigenvalue weighted by molar-refractivity contribution is 0.653. The molecule has 0 spiro atoms. The molecular weight excluding hydrogens is 296 g/mol. The lowest BCUT2D eigenvalue weighted by Crippen LogP contribution is -2.07. The Bertz CT molecular complexity index is 1030. The summed E-state index contributed by atoms with van der Waals surface area (Å²) >= 11 is 0. The molecule has 0 saturated carbocycles. The zero-order valence-electron chi connectivity index (χ0n) is 13.7. The van der Waals surface area contributed by atoms with Crippen LogP contribution >= 0.6 is 0 Å². The van der Waals surface area contributed by atoms with Gasteiger partial charge in [0.15, 0.2) is 0 Å². The number of furan rings is 1. The Morgan fingerprint density at radius 3 is 2.42 bits per heavy atom. The number of nitrogens with zero attached hydrogens (tertiary/aromatic N) is 2. The predicted octanol–water partition coefficient (Wildman–Crippen LogP) is 5.22. The number of para-hydroxylation sites is 1. The number of anilines is 1. The van der Waals surface area contributed by atoms with Crippen molar-refractivity contribution in [3.05, 3.63) is 71.9 Å². The van der Waals surface area contributed by atoms with E-state index in [0.29, 0.717) is 5.71 Å². The molecule has 0 fully saturated rings. The highest BCUT2D eigenvalue weighted by atomic mass is 16.3. The molecule has 0 atom stereocenters. The molecule has 24 heavy (non-hydrogen) atoms. The van der Waals surface area contributed by atoms with Crippen LogP contribution in [0.15, 0.2) is 65.1 Å². The van der Waals surface area contributed by atoms with Crippen molar-refractivity contribution < 1.29 is 4.42 Å². The molecule has 0 N–H and O–H groups in total. The summed E-state index contributed by atoms with van der Waals surface area (Å²) in [4.78, 5) is 6.70. The molecule has 0 saturated heterocycles. The van der Waals surface area contributed by atoms with Crippen molar-refractivity contribution in [2.45, 2.75) is 0 Å². The third-order valence-corrected chi connectivity index (χ3v) is 4.12. The summed E-state index contributed by atoms with van der Waals surface area (Å²) in [7, 11) is 4.08. The van der Waals surface area contributed by atoms with Crippen LogP contribution in [-0.4, -0.2) is 19.1 Å². The molecule has 0 aliphatic carbocycles. The summed E-state index contributed by atoms with van der Waals surface area (Å²) < 4.78 is 5.84. The largest absolute Gasteiger partial charge is 0.438 e. The van der Waals surface area contributed by atoms with Gasteiger partial charge in [-0.1, -0.05) is 36.4 Å². The second kappa shape index (κ2) is 5.85.